The molecule has 0 aliphatic heterocycles. The number of H-pyrrole nitrogens is 1. The van der Waals surface area contributed by atoms with Crippen molar-refractivity contribution in [2.45, 2.75) is 6.92 Å². The van der Waals surface area contributed by atoms with E-state index in [1.54, 1.807) is 19.1 Å². The minimum atomic E-state index is -0.753. The zero-order valence-corrected chi connectivity index (χ0v) is 8.97. The van der Waals surface area contributed by atoms with Crippen LogP contribution in [0, 0.1) is 10.1 Å². The van der Waals surface area contributed by atoms with Gasteiger partial charge in [0.05, 0.1) is 17.0 Å². The van der Waals surface area contributed by atoms with Crippen molar-refractivity contribution in [3.8, 4) is 0 Å². The van der Waals surface area contributed by atoms with E-state index in [4.69, 9.17) is 4.74 Å². The largest absolute Gasteiger partial charge is 0.461 e. The summed E-state index contributed by atoms with van der Waals surface area (Å²) >= 11 is 0. The molecule has 2 rings (SSSR count). The molecule has 17 heavy (non-hydrogen) atoms. The lowest BCUT2D eigenvalue weighted by Crippen LogP contribution is -2.07. The molecule has 0 saturated carbocycles. The summed E-state index contributed by atoms with van der Waals surface area (Å²) in [7, 11) is 0. The third-order valence-electron chi connectivity index (χ3n) is 2.19. The van der Waals surface area contributed by atoms with Crippen LogP contribution in [0.3, 0.4) is 0 Å². The Bertz CT molecular complexity index is 590. The number of nitro groups is 1. The lowest BCUT2D eigenvalue weighted by molar-refractivity contribution is -0.383. The van der Waals surface area contributed by atoms with Crippen molar-refractivity contribution in [3.05, 3.63) is 34.1 Å². The lowest BCUT2D eigenvalue weighted by atomic mass is 10.3. The van der Waals surface area contributed by atoms with E-state index < -0.39 is 10.9 Å². The van der Waals surface area contributed by atoms with Crippen molar-refractivity contribution >= 4 is 22.7 Å². The number of hydrogen-bond donors (Lipinski definition) is 1. The third kappa shape index (κ3) is 1.82. The van der Waals surface area contributed by atoms with Gasteiger partial charge in [-0.15, -0.1) is 0 Å². The highest BCUT2D eigenvalue weighted by Crippen LogP contribution is 2.28. The van der Waals surface area contributed by atoms with Gasteiger partial charge in [-0.05, 0) is 19.1 Å². The molecule has 2 heterocycles. The van der Waals surface area contributed by atoms with Crippen molar-refractivity contribution in [1.82, 2.24) is 9.97 Å². The molecule has 0 fully saturated rings. The Labute approximate surface area is 95.6 Å². The van der Waals surface area contributed by atoms with Crippen LogP contribution in [0.25, 0.3) is 11.0 Å². The molecule has 0 aliphatic carbocycles. The van der Waals surface area contributed by atoms with E-state index in [2.05, 4.69) is 9.97 Å². The molecular formula is C10H9N3O4. The third-order valence-corrected chi connectivity index (χ3v) is 2.19. The number of carbonyl (C=O) groups excluding carboxylic acids is 1. The molecule has 7 nitrogen and oxygen atoms in total. The Morgan fingerprint density at radius 1 is 1.65 bits per heavy atom. The zero-order chi connectivity index (χ0) is 12.4. The maximum atomic E-state index is 11.6. The Balaban J connectivity index is 2.66. The normalized spacial score (nSPS) is 10.4. The number of fused-ring (bicyclic) bond motifs is 1. The number of carbonyl (C=O) groups is 1. The van der Waals surface area contributed by atoms with E-state index in [0.29, 0.717) is 5.52 Å². The highest BCUT2D eigenvalue weighted by Gasteiger charge is 2.28. The molecule has 2 aromatic heterocycles. The first-order valence-corrected chi connectivity index (χ1v) is 4.93. The highest BCUT2D eigenvalue weighted by molar-refractivity contribution is 6.01. The van der Waals surface area contributed by atoms with Crippen LogP contribution in [0.4, 0.5) is 5.69 Å². The summed E-state index contributed by atoms with van der Waals surface area (Å²) in [6.45, 7) is 1.78. The van der Waals surface area contributed by atoms with Gasteiger partial charge in [0, 0.05) is 6.20 Å². The maximum absolute atomic E-state index is 11.6. The molecule has 0 amide bonds. The Kier molecular flexibility index (Phi) is 2.73. The van der Waals surface area contributed by atoms with Crippen LogP contribution < -0.4 is 0 Å². The molecular weight excluding hydrogens is 226 g/mol. The first-order valence-electron chi connectivity index (χ1n) is 4.93. The van der Waals surface area contributed by atoms with Crippen molar-refractivity contribution in [2.75, 3.05) is 6.61 Å². The summed E-state index contributed by atoms with van der Waals surface area (Å²) in [5, 5.41) is 10.9. The number of nitrogens with one attached hydrogen (secondary N) is 1. The topological polar surface area (TPSA) is 98.1 Å². The molecule has 0 unspecified atom stereocenters. The van der Waals surface area contributed by atoms with Crippen LogP contribution in [0.5, 0.6) is 0 Å². The number of hydrogen-bond acceptors (Lipinski definition) is 5. The molecule has 2 aromatic rings. The average molecular weight is 235 g/mol. The summed E-state index contributed by atoms with van der Waals surface area (Å²) in [6.07, 6.45) is 1.43. The summed E-state index contributed by atoms with van der Waals surface area (Å²) in [5.74, 6) is -0.753. The first-order chi connectivity index (χ1) is 8.15. The van der Waals surface area contributed by atoms with Gasteiger partial charge >= 0.3 is 11.7 Å². The van der Waals surface area contributed by atoms with Crippen LogP contribution in [-0.2, 0) is 4.74 Å². The van der Waals surface area contributed by atoms with Crippen LogP contribution in [0.2, 0.25) is 0 Å². The number of pyridine rings is 1. The second kappa shape index (κ2) is 4.20. The fraction of sp³-hybridized carbons (Fsp3) is 0.200. The summed E-state index contributed by atoms with van der Waals surface area (Å²) < 4.78 is 4.75. The smallest absolute Gasteiger partial charge is 0.362 e. The van der Waals surface area contributed by atoms with Gasteiger partial charge in [0.25, 0.3) is 0 Å². The van der Waals surface area contributed by atoms with Gasteiger partial charge in [-0.1, -0.05) is 0 Å². The van der Waals surface area contributed by atoms with Crippen molar-refractivity contribution in [2.24, 2.45) is 0 Å². The van der Waals surface area contributed by atoms with Crippen LogP contribution in [0.1, 0.15) is 17.4 Å². The maximum Gasteiger partial charge on any atom is 0.362 e. The number of rotatable bonds is 3. The summed E-state index contributed by atoms with van der Waals surface area (Å²) in [6, 6.07) is 3.23. The molecule has 0 aromatic carbocycles. The predicted octanol–water partition coefficient (Wildman–Crippen LogP) is 1.65. The van der Waals surface area contributed by atoms with E-state index in [1.165, 1.54) is 6.20 Å². The second-order valence-corrected chi connectivity index (χ2v) is 3.23. The van der Waals surface area contributed by atoms with Gasteiger partial charge in [0.15, 0.2) is 5.52 Å². The number of aromatic nitrogens is 2. The second-order valence-electron chi connectivity index (χ2n) is 3.23. The Morgan fingerprint density at radius 3 is 3.06 bits per heavy atom. The molecule has 0 saturated heterocycles. The van der Waals surface area contributed by atoms with Crippen LogP contribution >= 0.6 is 0 Å². The van der Waals surface area contributed by atoms with Gasteiger partial charge in [-0.2, -0.15) is 0 Å². The van der Waals surface area contributed by atoms with E-state index in [-0.39, 0.29) is 23.5 Å². The van der Waals surface area contributed by atoms with Gasteiger partial charge in [-0.3, -0.25) is 10.1 Å². The van der Waals surface area contributed by atoms with Gasteiger partial charge in [0.1, 0.15) is 0 Å². The van der Waals surface area contributed by atoms with E-state index in [1.807, 2.05) is 0 Å². The van der Waals surface area contributed by atoms with Crippen LogP contribution in [-0.4, -0.2) is 27.5 Å². The van der Waals surface area contributed by atoms with Crippen molar-refractivity contribution in [1.29, 1.82) is 0 Å². The number of nitrogens with zero attached hydrogens (tertiary/aromatic N) is 2. The molecule has 0 atom stereocenters. The minimum Gasteiger partial charge on any atom is -0.461 e. The number of ether oxygens (including phenoxy) is 1. The molecule has 88 valence electrons. The first kappa shape index (κ1) is 11.1. The molecule has 1 N–H and O–H groups in total. The van der Waals surface area contributed by atoms with Crippen molar-refractivity contribution in [3.63, 3.8) is 0 Å². The Hall–Kier alpha value is -2.44. The Morgan fingerprint density at radius 2 is 2.41 bits per heavy atom. The minimum absolute atomic E-state index is 0.152. The summed E-state index contributed by atoms with van der Waals surface area (Å²) in [5.41, 5.74) is 0.0624. The average Bonchev–Trinajstić information content (AvgIpc) is 2.68. The van der Waals surface area contributed by atoms with Gasteiger partial charge in [0.2, 0.25) is 5.69 Å². The standard InChI is InChI=1S/C10H9N3O4/c1-2-17-10(14)8-9(13(15)16)7-6(12-8)4-3-5-11-7/h3-5,12H,2H2,1H3. The predicted molar refractivity (Wildman–Crippen MR) is 58.7 cm³/mol. The van der Waals surface area contributed by atoms with E-state index in [9.17, 15) is 14.9 Å². The van der Waals surface area contributed by atoms with E-state index >= 15 is 0 Å². The summed E-state index contributed by atoms with van der Waals surface area (Å²) in [4.78, 5) is 28.4. The van der Waals surface area contributed by atoms with Gasteiger partial charge in [-0.25, -0.2) is 9.78 Å². The van der Waals surface area contributed by atoms with E-state index in [0.717, 1.165) is 0 Å². The number of aromatic amines is 1. The quantitative estimate of drug-likeness (QED) is 0.495. The molecule has 7 heteroatoms. The highest BCUT2D eigenvalue weighted by atomic mass is 16.6. The molecule has 0 spiro atoms. The molecule has 0 bridgehead atoms. The number of esters is 1. The molecule has 0 radical (unpaired) electrons. The monoisotopic (exact) mass is 235 g/mol. The van der Waals surface area contributed by atoms with Gasteiger partial charge < -0.3 is 9.72 Å². The SMILES string of the molecule is CCOC(=O)c1[nH]c2cccnc2c1[N+](=O)[O-]. The fourth-order valence-electron chi connectivity index (χ4n) is 1.54. The zero-order valence-electron chi connectivity index (χ0n) is 8.97. The van der Waals surface area contributed by atoms with Crippen LogP contribution in [0.15, 0.2) is 18.3 Å². The lowest BCUT2D eigenvalue weighted by Gasteiger charge is -1.97. The fourth-order valence-corrected chi connectivity index (χ4v) is 1.54. The molecule has 0 aliphatic rings. The van der Waals surface area contributed by atoms with Crippen molar-refractivity contribution < 1.29 is 14.5 Å².